The summed E-state index contributed by atoms with van der Waals surface area (Å²) >= 11 is 0. The lowest BCUT2D eigenvalue weighted by atomic mass is 10.2. The molecule has 128 valence electrons. The molecule has 3 aromatic rings. The molecule has 0 N–H and O–H groups in total. The minimum absolute atomic E-state index is 1.32. The van der Waals surface area contributed by atoms with Crippen LogP contribution in [0.3, 0.4) is 0 Å². The Morgan fingerprint density at radius 2 is 0.583 bits per heavy atom. The lowest BCUT2D eigenvalue weighted by Gasteiger charge is -1.82. The Balaban J connectivity index is 0.000000306. The van der Waals surface area contributed by atoms with Crippen LogP contribution >= 0.6 is 0 Å². The zero-order chi connectivity index (χ0) is 18.0. The highest BCUT2D eigenvalue weighted by molar-refractivity contribution is 5.12. The monoisotopic (exact) mass is 322 g/mol. The first-order chi connectivity index (χ1) is 11.6. The second-order valence-electron chi connectivity index (χ2n) is 5.37. The van der Waals surface area contributed by atoms with Gasteiger partial charge in [-0.3, -0.25) is 0 Å². The number of aryl methyl sites for hydroxylation is 3. The molecule has 0 fully saturated rings. The van der Waals surface area contributed by atoms with Crippen molar-refractivity contribution in [2.24, 2.45) is 0 Å². The van der Waals surface area contributed by atoms with Gasteiger partial charge in [0.05, 0.1) is 0 Å². The summed E-state index contributed by atoms with van der Waals surface area (Å²) < 4.78 is 4.25. The number of methoxy groups -OCH3 is 1. The maximum Gasteiger partial charge on any atom is 0.0351 e. The van der Waals surface area contributed by atoms with E-state index in [4.69, 9.17) is 0 Å². The quantitative estimate of drug-likeness (QED) is 0.475. The molecule has 0 atom stereocenters. The Hall–Kier alpha value is -2.38. The fourth-order valence-corrected chi connectivity index (χ4v) is 1.60. The van der Waals surface area contributed by atoms with E-state index in [9.17, 15) is 0 Å². The first-order valence-electron chi connectivity index (χ1n) is 8.05. The summed E-state index contributed by atoms with van der Waals surface area (Å²) in [6.07, 6.45) is 0. The number of benzene rings is 3. The van der Waals surface area contributed by atoms with Crippen molar-refractivity contribution in [1.29, 1.82) is 0 Å². The molecule has 0 spiro atoms. The molecule has 1 nitrogen and oxygen atoms in total. The molecule has 0 aliphatic heterocycles. The molecule has 0 unspecified atom stereocenters. The molecular formula is C23H30O. The highest BCUT2D eigenvalue weighted by Crippen LogP contribution is 1.93. The van der Waals surface area contributed by atoms with Crippen LogP contribution in [0, 0.1) is 20.8 Å². The molecule has 0 heterocycles. The van der Waals surface area contributed by atoms with E-state index in [1.807, 2.05) is 54.6 Å². The van der Waals surface area contributed by atoms with Crippen LogP contribution in [-0.4, -0.2) is 14.2 Å². The van der Waals surface area contributed by atoms with E-state index in [1.165, 1.54) is 16.7 Å². The summed E-state index contributed by atoms with van der Waals surface area (Å²) in [6.45, 7) is 6.25. The standard InChI is InChI=1S/3C7H8.C2H6O/c3*1-7-5-3-2-4-6-7;1-3-2/h3*2-6H,1H3;1-2H3. The van der Waals surface area contributed by atoms with Crippen LogP contribution in [0.5, 0.6) is 0 Å². The molecule has 0 bridgehead atoms. The Bertz CT molecular complexity index is 500. The van der Waals surface area contributed by atoms with Crippen LogP contribution in [0.15, 0.2) is 91.0 Å². The van der Waals surface area contributed by atoms with E-state index in [0.717, 1.165) is 0 Å². The van der Waals surface area contributed by atoms with E-state index >= 15 is 0 Å². The summed E-state index contributed by atoms with van der Waals surface area (Å²) in [5, 5.41) is 0. The molecule has 0 aliphatic carbocycles. The first-order valence-corrected chi connectivity index (χ1v) is 8.05. The van der Waals surface area contributed by atoms with Crippen LogP contribution < -0.4 is 0 Å². The molecule has 3 aromatic carbocycles. The molecule has 0 saturated heterocycles. The van der Waals surface area contributed by atoms with Crippen LogP contribution in [0.4, 0.5) is 0 Å². The number of hydrogen-bond donors (Lipinski definition) is 0. The Kier molecular flexibility index (Phi) is 14.0. The third-order valence-corrected chi connectivity index (χ3v) is 2.82. The smallest absolute Gasteiger partial charge is 0.0351 e. The maximum atomic E-state index is 4.25. The molecule has 1 heteroatoms. The predicted octanol–water partition coefficient (Wildman–Crippen LogP) is 6.25. The van der Waals surface area contributed by atoms with Gasteiger partial charge in [-0.1, -0.05) is 108 Å². The summed E-state index contributed by atoms with van der Waals surface area (Å²) in [5.41, 5.74) is 3.97. The normalized spacial score (nSPS) is 8.38. The van der Waals surface area contributed by atoms with Gasteiger partial charge in [0, 0.05) is 14.2 Å². The van der Waals surface area contributed by atoms with E-state index in [-0.39, 0.29) is 0 Å². The van der Waals surface area contributed by atoms with Crippen LogP contribution in [0.25, 0.3) is 0 Å². The average Bonchev–Trinajstić information content (AvgIpc) is 2.59. The van der Waals surface area contributed by atoms with Gasteiger partial charge in [0.1, 0.15) is 0 Å². The van der Waals surface area contributed by atoms with Crippen molar-refractivity contribution >= 4 is 0 Å². The molecular weight excluding hydrogens is 292 g/mol. The van der Waals surface area contributed by atoms with Gasteiger partial charge in [-0.2, -0.15) is 0 Å². The first kappa shape index (κ1) is 21.6. The third-order valence-electron chi connectivity index (χ3n) is 2.82. The Morgan fingerprint density at radius 3 is 0.667 bits per heavy atom. The van der Waals surface area contributed by atoms with Crippen molar-refractivity contribution in [3.63, 3.8) is 0 Å². The van der Waals surface area contributed by atoms with E-state index in [1.54, 1.807) is 14.2 Å². The molecule has 0 radical (unpaired) electrons. The summed E-state index contributed by atoms with van der Waals surface area (Å²) in [4.78, 5) is 0. The average molecular weight is 322 g/mol. The lowest BCUT2D eigenvalue weighted by molar-refractivity contribution is 0.277. The van der Waals surface area contributed by atoms with Gasteiger partial charge in [0.2, 0.25) is 0 Å². The zero-order valence-electron chi connectivity index (χ0n) is 15.6. The van der Waals surface area contributed by atoms with Gasteiger partial charge in [-0.05, 0) is 20.8 Å². The van der Waals surface area contributed by atoms with Crippen LogP contribution in [0.2, 0.25) is 0 Å². The van der Waals surface area contributed by atoms with Crippen molar-refractivity contribution in [2.45, 2.75) is 20.8 Å². The van der Waals surface area contributed by atoms with Crippen molar-refractivity contribution < 1.29 is 4.74 Å². The Labute approximate surface area is 148 Å². The van der Waals surface area contributed by atoms with Crippen molar-refractivity contribution in [3.05, 3.63) is 108 Å². The van der Waals surface area contributed by atoms with Gasteiger partial charge < -0.3 is 4.74 Å². The van der Waals surface area contributed by atoms with Gasteiger partial charge in [0.25, 0.3) is 0 Å². The topological polar surface area (TPSA) is 9.23 Å². The largest absolute Gasteiger partial charge is 0.388 e. The highest BCUT2D eigenvalue weighted by Gasteiger charge is 1.73. The molecule has 0 amide bonds. The third kappa shape index (κ3) is 14.6. The second kappa shape index (κ2) is 15.5. The number of ether oxygens (including phenoxy) is 1. The Morgan fingerprint density at radius 1 is 0.417 bits per heavy atom. The van der Waals surface area contributed by atoms with Crippen molar-refractivity contribution in [2.75, 3.05) is 14.2 Å². The van der Waals surface area contributed by atoms with Crippen LogP contribution in [0.1, 0.15) is 16.7 Å². The van der Waals surface area contributed by atoms with E-state index in [2.05, 4.69) is 61.9 Å². The molecule has 0 aliphatic rings. The summed E-state index contributed by atoms with van der Waals surface area (Å²) in [6, 6.07) is 30.8. The van der Waals surface area contributed by atoms with E-state index in [0.29, 0.717) is 0 Å². The van der Waals surface area contributed by atoms with E-state index < -0.39 is 0 Å². The lowest BCUT2D eigenvalue weighted by Crippen LogP contribution is -1.62. The summed E-state index contributed by atoms with van der Waals surface area (Å²) in [7, 11) is 3.25. The fourth-order valence-electron chi connectivity index (χ4n) is 1.60. The second-order valence-corrected chi connectivity index (χ2v) is 5.37. The van der Waals surface area contributed by atoms with Gasteiger partial charge >= 0.3 is 0 Å². The molecule has 24 heavy (non-hydrogen) atoms. The zero-order valence-corrected chi connectivity index (χ0v) is 15.6. The van der Waals surface area contributed by atoms with Crippen molar-refractivity contribution in [1.82, 2.24) is 0 Å². The number of rotatable bonds is 0. The highest BCUT2D eigenvalue weighted by atomic mass is 16.4. The SMILES string of the molecule is COC.Cc1ccccc1.Cc1ccccc1.Cc1ccccc1. The summed E-state index contributed by atoms with van der Waals surface area (Å²) in [5.74, 6) is 0. The fraction of sp³-hybridized carbons (Fsp3) is 0.217. The molecule has 3 rings (SSSR count). The van der Waals surface area contributed by atoms with Gasteiger partial charge in [0.15, 0.2) is 0 Å². The predicted molar refractivity (Wildman–Crippen MR) is 106 cm³/mol. The maximum absolute atomic E-state index is 4.25. The molecule has 0 saturated carbocycles. The molecule has 0 aromatic heterocycles. The van der Waals surface area contributed by atoms with Gasteiger partial charge in [-0.15, -0.1) is 0 Å². The van der Waals surface area contributed by atoms with Crippen molar-refractivity contribution in [3.8, 4) is 0 Å². The van der Waals surface area contributed by atoms with Gasteiger partial charge in [-0.25, -0.2) is 0 Å². The minimum Gasteiger partial charge on any atom is -0.388 e. The van der Waals surface area contributed by atoms with Crippen LogP contribution in [-0.2, 0) is 4.74 Å². The number of hydrogen-bond acceptors (Lipinski definition) is 1. The minimum atomic E-state index is 1.32.